The van der Waals surface area contributed by atoms with Crippen LogP contribution in [-0.2, 0) is 6.42 Å². The molecule has 0 aliphatic heterocycles. The smallest absolute Gasteiger partial charge is 0.123 e. The molecule has 112 valence electrons. The van der Waals surface area contributed by atoms with Gasteiger partial charge in [-0.25, -0.2) is 4.39 Å². The highest BCUT2D eigenvalue weighted by Gasteiger charge is 2.16. The fourth-order valence-electron chi connectivity index (χ4n) is 2.40. The van der Waals surface area contributed by atoms with Crippen molar-refractivity contribution in [1.82, 2.24) is 5.32 Å². The third kappa shape index (κ3) is 4.29. The van der Waals surface area contributed by atoms with Crippen LogP contribution >= 0.6 is 27.5 Å². The maximum absolute atomic E-state index is 13.5. The summed E-state index contributed by atoms with van der Waals surface area (Å²) in [6.45, 7) is 4.87. The second kappa shape index (κ2) is 7.39. The molecule has 1 nitrogen and oxygen atoms in total. The minimum atomic E-state index is -0.203. The van der Waals surface area contributed by atoms with Gasteiger partial charge in [0.05, 0.1) is 0 Å². The van der Waals surface area contributed by atoms with E-state index in [4.69, 9.17) is 11.6 Å². The number of likely N-dealkylation sites (N-methyl/N-ethyl adjacent to an activating group) is 1. The van der Waals surface area contributed by atoms with Crippen molar-refractivity contribution in [3.63, 3.8) is 0 Å². The summed E-state index contributed by atoms with van der Waals surface area (Å²) < 4.78 is 14.5. The average Bonchev–Trinajstić information content (AvgIpc) is 2.45. The highest BCUT2D eigenvalue weighted by atomic mass is 79.9. The highest BCUT2D eigenvalue weighted by molar-refractivity contribution is 9.10. The van der Waals surface area contributed by atoms with Gasteiger partial charge in [-0.05, 0) is 66.9 Å². The first-order chi connectivity index (χ1) is 10.0. The van der Waals surface area contributed by atoms with E-state index in [0.717, 1.165) is 32.7 Å². The van der Waals surface area contributed by atoms with Gasteiger partial charge in [-0.3, -0.25) is 0 Å². The predicted octanol–water partition coefficient (Wildman–Crippen LogP) is 5.44. The Morgan fingerprint density at radius 3 is 2.71 bits per heavy atom. The molecule has 0 amide bonds. The first-order valence-electron chi connectivity index (χ1n) is 6.94. The monoisotopic (exact) mass is 369 g/mol. The molecule has 21 heavy (non-hydrogen) atoms. The van der Waals surface area contributed by atoms with Crippen molar-refractivity contribution in [1.29, 1.82) is 0 Å². The van der Waals surface area contributed by atoms with Crippen LogP contribution in [0.15, 0.2) is 40.9 Å². The number of nitrogens with one attached hydrogen (secondary N) is 1. The molecule has 0 bridgehead atoms. The Kier molecular flexibility index (Phi) is 5.80. The largest absolute Gasteiger partial charge is 0.310 e. The second-order valence-corrected chi connectivity index (χ2v) is 6.37. The maximum Gasteiger partial charge on any atom is 0.123 e. The standard InChI is InChI=1S/C17H18BrClFN/c1-3-21-17(15-10-13(18)5-7-16(15)19)9-12-8-14(20)6-4-11(12)2/h4-8,10,17,21H,3,9H2,1-2H3. The fourth-order valence-corrected chi connectivity index (χ4v) is 3.03. The molecule has 0 aliphatic carbocycles. The Morgan fingerprint density at radius 2 is 2.00 bits per heavy atom. The lowest BCUT2D eigenvalue weighted by molar-refractivity contribution is 0.545. The first kappa shape index (κ1) is 16.5. The molecule has 4 heteroatoms. The van der Waals surface area contributed by atoms with E-state index in [1.165, 1.54) is 6.07 Å². The molecule has 0 radical (unpaired) electrons. The normalized spacial score (nSPS) is 12.4. The van der Waals surface area contributed by atoms with E-state index in [9.17, 15) is 4.39 Å². The quantitative estimate of drug-likeness (QED) is 0.738. The summed E-state index contributed by atoms with van der Waals surface area (Å²) in [5.74, 6) is -0.203. The molecule has 1 N–H and O–H groups in total. The van der Waals surface area contributed by atoms with Crippen LogP contribution in [0.3, 0.4) is 0 Å². The summed E-state index contributed by atoms with van der Waals surface area (Å²) in [6, 6.07) is 10.8. The van der Waals surface area contributed by atoms with Crippen molar-refractivity contribution in [3.8, 4) is 0 Å². The molecule has 2 aromatic carbocycles. The van der Waals surface area contributed by atoms with Gasteiger partial charge in [0, 0.05) is 15.5 Å². The van der Waals surface area contributed by atoms with Gasteiger partial charge < -0.3 is 5.32 Å². The topological polar surface area (TPSA) is 12.0 Å². The van der Waals surface area contributed by atoms with E-state index in [-0.39, 0.29) is 11.9 Å². The molecule has 0 fully saturated rings. The molecule has 0 aromatic heterocycles. The Morgan fingerprint density at radius 1 is 1.24 bits per heavy atom. The van der Waals surface area contributed by atoms with Gasteiger partial charge in [-0.2, -0.15) is 0 Å². The van der Waals surface area contributed by atoms with Crippen LogP contribution in [0.25, 0.3) is 0 Å². The Bertz CT molecular complexity index is 630. The van der Waals surface area contributed by atoms with Crippen LogP contribution in [0.2, 0.25) is 5.02 Å². The van der Waals surface area contributed by atoms with E-state index < -0.39 is 0 Å². The van der Waals surface area contributed by atoms with Crippen molar-refractivity contribution < 1.29 is 4.39 Å². The Balaban J connectivity index is 2.35. The molecule has 0 saturated carbocycles. The summed E-state index contributed by atoms with van der Waals surface area (Å²) in [5.41, 5.74) is 3.11. The van der Waals surface area contributed by atoms with Gasteiger partial charge in [0.2, 0.25) is 0 Å². The number of hydrogen-bond donors (Lipinski definition) is 1. The lowest BCUT2D eigenvalue weighted by Gasteiger charge is -2.21. The van der Waals surface area contributed by atoms with Crippen molar-refractivity contribution in [2.24, 2.45) is 0 Å². The van der Waals surface area contributed by atoms with Crippen LogP contribution in [0.5, 0.6) is 0 Å². The van der Waals surface area contributed by atoms with Gasteiger partial charge in [0.15, 0.2) is 0 Å². The molecule has 1 atom stereocenters. The minimum Gasteiger partial charge on any atom is -0.310 e. The minimum absolute atomic E-state index is 0.0560. The molecule has 0 spiro atoms. The van der Waals surface area contributed by atoms with Crippen LogP contribution < -0.4 is 5.32 Å². The summed E-state index contributed by atoms with van der Waals surface area (Å²) in [4.78, 5) is 0. The van der Waals surface area contributed by atoms with Gasteiger partial charge in [0.25, 0.3) is 0 Å². The molecule has 0 heterocycles. The van der Waals surface area contributed by atoms with Crippen molar-refractivity contribution >= 4 is 27.5 Å². The van der Waals surface area contributed by atoms with Crippen molar-refractivity contribution in [2.45, 2.75) is 26.3 Å². The molecular weight excluding hydrogens is 353 g/mol. The summed E-state index contributed by atoms with van der Waals surface area (Å²) in [5, 5.41) is 4.15. The molecule has 2 aromatic rings. The zero-order chi connectivity index (χ0) is 15.4. The molecule has 2 rings (SSSR count). The van der Waals surface area contributed by atoms with E-state index in [2.05, 4.69) is 28.2 Å². The van der Waals surface area contributed by atoms with Crippen LogP contribution in [0.1, 0.15) is 29.7 Å². The third-order valence-electron chi connectivity index (χ3n) is 3.52. The molecule has 0 saturated heterocycles. The van der Waals surface area contributed by atoms with Crippen molar-refractivity contribution in [2.75, 3.05) is 6.54 Å². The van der Waals surface area contributed by atoms with E-state index in [1.54, 1.807) is 6.07 Å². The zero-order valence-corrected chi connectivity index (χ0v) is 14.4. The summed E-state index contributed by atoms with van der Waals surface area (Å²) in [7, 11) is 0. The first-order valence-corrected chi connectivity index (χ1v) is 8.11. The third-order valence-corrected chi connectivity index (χ3v) is 4.36. The van der Waals surface area contributed by atoms with Crippen molar-refractivity contribution in [3.05, 3.63) is 68.4 Å². The predicted molar refractivity (Wildman–Crippen MR) is 90.4 cm³/mol. The van der Waals surface area contributed by atoms with Gasteiger partial charge in [0.1, 0.15) is 5.82 Å². The Hall–Kier alpha value is -0.900. The van der Waals surface area contributed by atoms with Crippen LogP contribution in [0, 0.1) is 12.7 Å². The van der Waals surface area contributed by atoms with E-state index in [1.807, 2.05) is 31.2 Å². The SMILES string of the molecule is CCNC(Cc1cc(F)ccc1C)c1cc(Br)ccc1Cl. The van der Waals surface area contributed by atoms with E-state index in [0.29, 0.717) is 6.42 Å². The summed E-state index contributed by atoms with van der Waals surface area (Å²) >= 11 is 9.81. The average molecular weight is 371 g/mol. The second-order valence-electron chi connectivity index (χ2n) is 5.05. The maximum atomic E-state index is 13.5. The number of hydrogen-bond acceptors (Lipinski definition) is 1. The lowest BCUT2D eigenvalue weighted by Crippen LogP contribution is -2.23. The van der Waals surface area contributed by atoms with Crippen LogP contribution in [0.4, 0.5) is 4.39 Å². The number of halogens is 3. The summed E-state index contributed by atoms with van der Waals surface area (Å²) in [6.07, 6.45) is 0.702. The fraction of sp³-hybridized carbons (Fsp3) is 0.294. The highest BCUT2D eigenvalue weighted by Crippen LogP contribution is 2.29. The Labute approximate surface area is 138 Å². The van der Waals surface area contributed by atoms with Crippen LogP contribution in [-0.4, -0.2) is 6.54 Å². The molecule has 0 aliphatic rings. The molecule has 1 unspecified atom stereocenters. The van der Waals surface area contributed by atoms with Gasteiger partial charge >= 0.3 is 0 Å². The number of aryl methyl sites for hydroxylation is 1. The number of rotatable bonds is 5. The van der Waals surface area contributed by atoms with Gasteiger partial charge in [-0.1, -0.05) is 40.5 Å². The zero-order valence-electron chi connectivity index (χ0n) is 12.1. The number of benzene rings is 2. The van der Waals surface area contributed by atoms with Gasteiger partial charge in [-0.15, -0.1) is 0 Å². The molecular formula is C17H18BrClFN. The lowest BCUT2D eigenvalue weighted by atomic mass is 9.96. The van der Waals surface area contributed by atoms with E-state index >= 15 is 0 Å².